The minimum Gasteiger partial charge on any atom is -0.497 e. The molecule has 0 aliphatic carbocycles. The lowest BCUT2D eigenvalue weighted by Gasteiger charge is -2.07. The van der Waals surface area contributed by atoms with Crippen molar-refractivity contribution in [3.8, 4) is 11.5 Å². The summed E-state index contributed by atoms with van der Waals surface area (Å²) in [5.41, 5.74) is 0. The van der Waals surface area contributed by atoms with Crippen LogP contribution in [0.3, 0.4) is 0 Å². The molecule has 0 N–H and O–H groups in total. The minimum absolute atomic E-state index is 0.420. The first-order valence-corrected chi connectivity index (χ1v) is 7.76. The van der Waals surface area contributed by atoms with E-state index >= 15 is 0 Å². The Balaban J connectivity index is 1.75. The summed E-state index contributed by atoms with van der Waals surface area (Å²) in [4.78, 5) is 4.16. The van der Waals surface area contributed by atoms with Crippen molar-refractivity contribution >= 4 is 10.8 Å². The first-order chi connectivity index (χ1) is 9.69. The van der Waals surface area contributed by atoms with Gasteiger partial charge in [-0.05, 0) is 24.3 Å². The maximum atomic E-state index is 11.9. The van der Waals surface area contributed by atoms with E-state index in [1.165, 1.54) is 0 Å². The molecule has 2 aromatic rings. The van der Waals surface area contributed by atoms with E-state index in [1.807, 2.05) is 42.1 Å². The molecule has 0 fully saturated rings. The Bertz CT molecular complexity index is 566. The van der Waals surface area contributed by atoms with Gasteiger partial charge >= 0.3 is 0 Å². The minimum atomic E-state index is -0.972. The number of rotatable bonds is 7. The third kappa shape index (κ3) is 4.09. The highest BCUT2D eigenvalue weighted by atomic mass is 32.2. The first-order valence-electron chi connectivity index (χ1n) is 6.27. The van der Waals surface area contributed by atoms with Crippen LogP contribution in [0.25, 0.3) is 0 Å². The average molecular weight is 294 g/mol. The largest absolute Gasteiger partial charge is 0.497 e. The van der Waals surface area contributed by atoms with Crippen LogP contribution < -0.4 is 9.47 Å². The van der Waals surface area contributed by atoms with Gasteiger partial charge < -0.3 is 14.0 Å². The molecule has 6 heteroatoms. The maximum absolute atomic E-state index is 11.9. The second-order valence-electron chi connectivity index (χ2n) is 4.27. The number of aryl methyl sites for hydroxylation is 1. The van der Waals surface area contributed by atoms with Gasteiger partial charge in [-0.15, -0.1) is 0 Å². The number of methoxy groups -OCH3 is 1. The molecule has 1 heterocycles. The molecule has 20 heavy (non-hydrogen) atoms. The van der Waals surface area contributed by atoms with E-state index in [4.69, 9.17) is 9.47 Å². The van der Waals surface area contributed by atoms with Crippen molar-refractivity contribution in [2.75, 3.05) is 19.5 Å². The predicted molar refractivity (Wildman–Crippen MR) is 78.4 cm³/mol. The lowest BCUT2D eigenvalue weighted by molar-refractivity contribution is 0.341. The number of ether oxygens (including phenoxy) is 2. The van der Waals surface area contributed by atoms with Gasteiger partial charge in [0.15, 0.2) is 0 Å². The van der Waals surface area contributed by atoms with Gasteiger partial charge in [-0.2, -0.15) is 0 Å². The molecular formula is C14H18N2O3S. The number of hydrogen-bond acceptors (Lipinski definition) is 4. The summed E-state index contributed by atoms with van der Waals surface area (Å²) in [6.07, 6.45) is 3.56. The van der Waals surface area contributed by atoms with Crippen molar-refractivity contribution in [1.29, 1.82) is 0 Å². The number of hydrogen-bond donors (Lipinski definition) is 0. The van der Waals surface area contributed by atoms with Crippen molar-refractivity contribution in [3.63, 3.8) is 0 Å². The van der Waals surface area contributed by atoms with E-state index in [2.05, 4.69) is 4.98 Å². The molecule has 0 radical (unpaired) electrons. The van der Waals surface area contributed by atoms with Gasteiger partial charge in [-0.1, -0.05) is 0 Å². The Morgan fingerprint density at radius 2 is 1.95 bits per heavy atom. The Kier molecular flexibility index (Phi) is 5.17. The van der Waals surface area contributed by atoms with E-state index in [-0.39, 0.29) is 0 Å². The molecule has 0 amide bonds. The van der Waals surface area contributed by atoms with Crippen LogP contribution in [0, 0.1) is 0 Å². The molecule has 0 aliphatic heterocycles. The number of nitrogens with zero attached hydrogens (tertiary/aromatic N) is 2. The SMILES string of the molecule is COc1ccc(OCC[S@](=O)Cc2nccn2C)cc1. The monoisotopic (exact) mass is 294 g/mol. The number of benzene rings is 1. The van der Waals surface area contributed by atoms with Gasteiger partial charge in [-0.3, -0.25) is 4.21 Å². The summed E-state index contributed by atoms with van der Waals surface area (Å²) < 4.78 is 24.4. The number of imidazole rings is 1. The van der Waals surface area contributed by atoms with Crippen LogP contribution in [-0.4, -0.2) is 33.2 Å². The maximum Gasteiger partial charge on any atom is 0.121 e. The van der Waals surface area contributed by atoms with Crippen LogP contribution in [-0.2, 0) is 23.6 Å². The zero-order valence-corrected chi connectivity index (χ0v) is 12.4. The third-order valence-corrected chi connectivity index (χ3v) is 4.05. The highest BCUT2D eigenvalue weighted by Crippen LogP contribution is 2.16. The van der Waals surface area contributed by atoms with E-state index in [0.29, 0.717) is 18.1 Å². The van der Waals surface area contributed by atoms with Gasteiger partial charge in [0.25, 0.3) is 0 Å². The molecule has 1 atom stereocenters. The highest BCUT2D eigenvalue weighted by Gasteiger charge is 2.06. The smallest absolute Gasteiger partial charge is 0.121 e. The van der Waals surface area contributed by atoms with Crippen LogP contribution >= 0.6 is 0 Å². The molecule has 1 aromatic heterocycles. The molecule has 1 aromatic carbocycles. The fourth-order valence-electron chi connectivity index (χ4n) is 1.68. The molecule has 108 valence electrons. The van der Waals surface area contributed by atoms with E-state index in [1.54, 1.807) is 13.3 Å². The Labute approximate surface area is 121 Å². The predicted octanol–water partition coefficient (Wildman–Crippen LogP) is 1.76. The van der Waals surface area contributed by atoms with Crippen LogP contribution in [0.15, 0.2) is 36.7 Å². The average Bonchev–Trinajstić information content (AvgIpc) is 2.85. The van der Waals surface area contributed by atoms with E-state index in [0.717, 1.165) is 17.3 Å². The van der Waals surface area contributed by atoms with Crippen molar-refractivity contribution in [2.45, 2.75) is 5.75 Å². The molecule has 0 saturated carbocycles. The zero-order valence-electron chi connectivity index (χ0n) is 11.6. The second-order valence-corrected chi connectivity index (χ2v) is 5.84. The summed E-state index contributed by atoms with van der Waals surface area (Å²) in [6.45, 7) is 0.420. The lowest BCUT2D eigenvalue weighted by atomic mass is 10.3. The summed E-state index contributed by atoms with van der Waals surface area (Å²) in [7, 11) is 2.55. The molecule has 5 nitrogen and oxygen atoms in total. The van der Waals surface area contributed by atoms with Gasteiger partial charge in [0, 0.05) is 30.2 Å². The second kappa shape index (κ2) is 7.09. The molecule has 0 aliphatic rings. The van der Waals surface area contributed by atoms with Crippen molar-refractivity contribution in [3.05, 3.63) is 42.5 Å². The molecule has 0 spiro atoms. The normalized spacial score (nSPS) is 12.1. The zero-order chi connectivity index (χ0) is 14.4. The Hall–Kier alpha value is -1.82. The van der Waals surface area contributed by atoms with Crippen molar-refractivity contribution in [2.24, 2.45) is 7.05 Å². The summed E-state index contributed by atoms with van der Waals surface area (Å²) in [5.74, 6) is 3.30. The van der Waals surface area contributed by atoms with Crippen LogP contribution in [0.1, 0.15) is 5.82 Å². The van der Waals surface area contributed by atoms with Crippen molar-refractivity contribution in [1.82, 2.24) is 9.55 Å². The molecular weight excluding hydrogens is 276 g/mol. The van der Waals surface area contributed by atoms with Gasteiger partial charge in [-0.25, -0.2) is 4.98 Å². The van der Waals surface area contributed by atoms with Gasteiger partial charge in [0.05, 0.1) is 25.2 Å². The van der Waals surface area contributed by atoms with Crippen LogP contribution in [0.4, 0.5) is 0 Å². The third-order valence-electron chi connectivity index (χ3n) is 2.85. The lowest BCUT2D eigenvalue weighted by Crippen LogP contribution is -2.12. The highest BCUT2D eigenvalue weighted by molar-refractivity contribution is 7.84. The van der Waals surface area contributed by atoms with E-state index < -0.39 is 10.8 Å². The summed E-state index contributed by atoms with van der Waals surface area (Å²) in [6, 6.07) is 7.33. The molecule has 0 bridgehead atoms. The van der Waals surface area contributed by atoms with Gasteiger partial charge in [0.1, 0.15) is 17.3 Å². The fourth-order valence-corrected chi connectivity index (χ4v) is 2.66. The molecule has 0 saturated heterocycles. The standard InChI is InChI=1S/C14H18N2O3S/c1-16-8-7-15-14(16)11-20(17)10-9-19-13-5-3-12(18-2)4-6-13/h3-8H,9-11H2,1-2H3/t20-/m0/s1. The molecule has 0 unspecified atom stereocenters. The summed E-state index contributed by atoms with van der Waals surface area (Å²) >= 11 is 0. The topological polar surface area (TPSA) is 53.4 Å². The van der Waals surface area contributed by atoms with E-state index in [9.17, 15) is 4.21 Å². The fraction of sp³-hybridized carbons (Fsp3) is 0.357. The quantitative estimate of drug-likeness (QED) is 0.781. The Morgan fingerprint density at radius 1 is 1.25 bits per heavy atom. The van der Waals surface area contributed by atoms with Crippen molar-refractivity contribution < 1.29 is 13.7 Å². The first kappa shape index (κ1) is 14.6. The number of aromatic nitrogens is 2. The molecule has 2 rings (SSSR count). The van der Waals surface area contributed by atoms with Crippen LogP contribution in [0.5, 0.6) is 11.5 Å². The summed E-state index contributed by atoms with van der Waals surface area (Å²) in [5, 5.41) is 0. The van der Waals surface area contributed by atoms with Gasteiger partial charge in [0.2, 0.25) is 0 Å². The van der Waals surface area contributed by atoms with Crippen LogP contribution in [0.2, 0.25) is 0 Å². The Morgan fingerprint density at radius 3 is 2.55 bits per heavy atom.